The Morgan fingerprint density at radius 2 is 2.12 bits per heavy atom. The Morgan fingerprint density at radius 3 is 2.65 bits per heavy atom. The summed E-state index contributed by atoms with van der Waals surface area (Å²) in [6, 6.07) is 0. The molecule has 5 nitrogen and oxygen atoms in total. The van der Waals surface area contributed by atoms with E-state index in [-0.39, 0.29) is 22.3 Å². The number of carbonyl (C=O) groups excluding carboxylic acids is 1. The fourth-order valence-corrected chi connectivity index (χ4v) is 1.14. The van der Waals surface area contributed by atoms with Crippen LogP contribution in [0, 0.1) is 0 Å². The number of hydrogen-bond donors (Lipinski definition) is 1. The summed E-state index contributed by atoms with van der Waals surface area (Å²) in [5.74, 6) is -0.269. The smallest absolute Gasteiger partial charge is 0.271 e. The first-order chi connectivity index (χ1) is 7.83. The summed E-state index contributed by atoms with van der Waals surface area (Å²) in [7, 11) is 3.93. The molecule has 1 aromatic rings. The number of aromatic nitrogens is 2. The highest BCUT2D eigenvalue weighted by molar-refractivity contribution is 6.29. The molecule has 0 saturated carbocycles. The van der Waals surface area contributed by atoms with Crippen LogP contribution < -0.4 is 5.32 Å². The second kappa shape index (κ2) is 5.42. The minimum absolute atomic E-state index is 0.123. The highest BCUT2D eigenvalue weighted by Crippen LogP contribution is 2.08. The summed E-state index contributed by atoms with van der Waals surface area (Å²) in [5, 5.41) is 3.02. The number of carbonyl (C=O) groups is 1. The third-order valence-corrected chi connectivity index (χ3v) is 2.91. The zero-order chi connectivity index (χ0) is 13.1. The summed E-state index contributed by atoms with van der Waals surface area (Å²) in [6.07, 6.45) is 2.78. The van der Waals surface area contributed by atoms with Gasteiger partial charge in [0.2, 0.25) is 0 Å². The lowest BCUT2D eigenvalue weighted by molar-refractivity contribution is 0.0914. The lowest BCUT2D eigenvalue weighted by Crippen LogP contribution is -2.48. The van der Waals surface area contributed by atoms with E-state index in [9.17, 15) is 4.79 Å². The molecule has 1 rings (SSSR count). The molecule has 0 bridgehead atoms. The number of nitrogens with zero attached hydrogens (tertiary/aromatic N) is 3. The average Bonchev–Trinajstić information content (AvgIpc) is 2.25. The normalized spacial score (nSPS) is 11.6. The van der Waals surface area contributed by atoms with E-state index >= 15 is 0 Å². The molecule has 0 saturated heterocycles. The van der Waals surface area contributed by atoms with Gasteiger partial charge in [-0.25, -0.2) is 4.98 Å². The Morgan fingerprint density at radius 1 is 1.47 bits per heavy atom. The zero-order valence-electron chi connectivity index (χ0n) is 10.5. The van der Waals surface area contributed by atoms with Gasteiger partial charge in [-0.05, 0) is 27.9 Å². The molecule has 0 aromatic carbocycles. The average molecular weight is 257 g/mol. The minimum atomic E-state index is -0.269. The van der Waals surface area contributed by atoms with Crippen molar-refractivity contribution in [2.75, 3.05) is 20.6 Å². The van der Waals surface area contributed by atoms with Crippen molar-refractivity contribution in [2.24, 2.45) is 0 Å². The molecule has 0 aliphatic rings. The van der Waals surface area contributed by atoms with Crippen molar-refractivity contribution >= 4 is 17.5 Å². The second-order valence-electron chi connectivity index (χ2n) is 4.62. The molecule has 0 aliphatic heterocycles. The number of nitrogens with one attached hydrogen (secondary N) is 1. The van der Waals surface area contributed by atoms with E-state index in [4.69, 9.17) is 11.6 Å². The van der Waals surface area contributed by atoms with Gasteiger partial charge in [-0.15, -0.1) is 0 Å². The van der Waals surface area contributed by atoms with E-state index in [1.54, 1.807) is 0 Å². The van der Waals surface area contributed by atoms with Crippen LogP contribution in [0.5, 0.6) is 0 Å². The first-order valence-electron chi connectivity index (χ1n) is 5.26. The third kappa shape index (κ3) is 3.94. The molecule has 6 heteroatoms. The lowest BCUT2D eigenvalue weighted by Gasteiger charge is -2.32. The van der Waals surface area contributed by atoms with Crippen LogP contribution >= 0.6 is 11.6 Å². The quantitative estimate of drug-likeness (QED) is 0.880. The first kappa shape index (κ1) is 13.9. The maximum atomic E-state index is 11.8. The first-order valence-corrected chi connectivity index (χ1v) is 5.64. The Bertz CT molecular complexity index is 406. The highest BCUT2D eigenvalue weighted by Gasteiger charge is 2.21. The van der Waals surface area contributed by atoms with Crippen LogP contribution in [0.25, 0.3) is 0 Å². The molecule has 0 spiro atoms. The summed E-state index contributed by atoms with van der Waals surface area (Å²) in [6.45, 7) is 4.60. The molecular formula is C11H17ClN4O. The van der Waals surface area contributed by atoms with Gasteiger partial charge >= 0.3 is 0 Å². The number of likely N-dealkylation sites (N-methyl/N-ethyl adjacent to an activating group) is 1. The SMILES string of the molecule is CN(C)C(C)(C)CNC(=O)c1cncc(Cl)n1. The van der Waals surface area contributed by atoms with Crippen molar-refractivity contribution in [3.63, 3.8) is 0 Å². The fourth-order valence-electron chi connectivity index (χ4n) is 0.997. The monoisotopic (exact) mass is 256 g/mol. The van der Waals surface area contributed by atoms with Crippen molar-refractivity contribution < 1.29 is 4.79 Å². The summed E-state index contributed by atoms with van der Waals surface area (Å²) in [5.41, 5.74) is 0.105. The Hall–Kier alpha value is -1.20. The lowest BCUT2D eigenvalue weighted by atomic mass is 10.0. The summed E-state index contributed by atoms with van der Waals surface area (Å²) < 4.78 is 0. The molecule has 0 atom stereocenters. The number of halogens is 1. The van der Waals surface area contributed by atoms with Crippen LogP contribution in [0.3, 0.4) is 0 Å². The van der Waals surface area contributed by atoms with Gasteiger partial charge in [-0.3, -0.25) is 9.78 Å². The van der Waals surface area contributed by atoms with Crippen LogP contribution in [-0.2, 0) is 0 Å². The van der Waals surface area contributed by atoms with Crippen molar-refractivity contribution in [1.29, 1.82) is 0 Å². The van der Waals surface area contributed by atoms with Crippen LogP contribution in [0.2, 0.25) is 5.15 Å². The molecule has 1 amide bonds. The molecule has 17 heavy (non-hydrogen) atoms. The topological polar surface area (TPSA) is 58.1 Å². The minimum Gasteiger partial charge on any atom is -0.349 e. The van der Waals surface area contributed by atoms with Crippen LogP contribution in [0.1, 0.15) is 24.3 Å². The van der Waals surface area contributed by atoms with Crippen LogP contribution in [0.4, 0.5) is 0 Å². The largest absolute Gasteiger partial charge is 0.349 e. The van der Waals surface area contributed by atoms with Gasteiger partial charge in [0.05, 0.1) is 12.4 Å². The Balaban J connectivity index is 2.62. The molecule has 94 valence electrons. The van der Waals surface area contributed by atoms with Gasteiger partial charge in [0.1, 0.15) is 10.8 Å². The van der Waals surface area contributed by atoms with E-state index in [1.807, 2.05) is 32.8 Å². The van der Waals surface area contributed by atoms with Crippen LogP contribution in [0.15, 0.2) is 12.4 Å². The number of amides is 1. The van der Waals surface area contributed by atoms with E-state index in [0.717, 1.165) is 0 Å². The highest BCUT2D eigenvalue weighted by atomic mass is 35.5. The van der Waals surface area contributed by atoms with Crippen molar-refractivity contribution in [3.8, 4) is 0 Å². The molecular weight excluding hydrogens is 240 g/mol. The molecule has 0 unspecified atom stereocenters. The molecule has 1 N–H and O–H groups in total. The van der Waals surface area contributed by atoms with Gasteiger partial charge in [0.25, 0.3) is 5.91 Å². The van der Waals surface area contributed by atoms with Gasteiger partial charge in [0, 0.05) is 12.1 Å². The predicted molar refractivity (Wildman–Crippen MR) is 67.1 cm³/mol. The maximum absolute atomic E-state index is 11.8. The van der Waals surface area contributed by atoms with E-state index < -0.39 is 0 Å². The van der Waals surface area contributed by atoms with E-state index in [0.29, 0.717) is 6.54 Å². The molecule has 0 radical (unpaired) electrons. The van der Waals surface area contributed by atoms with Gasteiger partial charge in [-0.2, -0.15) is 0 Å². The molecule has 0 fully saturated rings. The molecule has 0 aliphatic carbocycles. The number of rotatable bonds is 4. The predicted octanol–water partition coefficient (Wildman–Crippen LogP) is 1.20. The Kier molecular flexibility index (Phi) is 4.42. The van der Waals surface area contributed by atoms with Gasteiger partial charge in [-0.1, -0.05) is 11.6 Å². The summed E-state index contributed by atoms with van der Waals surface area (Å²) >= 11 is 5.67. The van der Waals surface area contributed by atoms with Gasteiger partial charge < -0.3 is 10.2 Å². The maximum Gasteiger partial charge on any atom is 0.271 e. The Labute approximate surface area is 106 Å². The molecule has 1 heterocycles. The number of hydrogen-bond acceptors (Lipinski definition) is 4. The van der Waals surface area contributed by atoms with Crippen molar-refractivity contribution in [2.45, 2.75) is 19.4 Å². The van der Waals surface area contributed by atoms with E-state index in [2.05, 4.69) is 15.3 Å². The van der Waals surface area contributed by atoms with Crippen molar-refractivity contribution in [3.05, 3.63) is 23.2 Å². The summed E-state index contributed by atoms with van der Waals surface area (Å²) in [4.78, 5) is 21.5. The fraction of sp³-hybridized carbons (Fsp3) is 0.545. The van der Waals surface area contributed by atoms with Crippen molar-refractivity contribution in [1.82, 2.24) is 20.2 Å². The second-order valence-corrected chi connectivity index (χ2v) is 5.00. The third-order valence-electron chi connectivity index (χ3n) is 2.73. The molecule has 1 aromatic heterocycles. The standard InChI is InChI=1S/C11H17ClN4O/c1-11(2,16(3)4)7-14-10(17)8-5-13-6-9(12)15-8/h5-6H,7H2,1-4H3,(H,14,17). The van der Waals surface area contributed by atoms with Gasteiger partial charge in [0.15, 0.2) is 0 Å². The van der Waals surface area contributed by atoms with E-state index in [1.165, 1.54) is 12.4 Å². The zero-order valence-corrected chi connectivity index (χ0v) is 11.2. The van der Waals surface area contributed by atoms with Crippen LogP contribution in [-0.4, -0.2) is 47.0 Å².